The van der Waals surface area contributed by atoms with Crippen molar-refractivity contribution in [2.75, 3.05) is 0 Å². The summed E-state index contributed by atoms with van der Waals surface area (Å²) in [7, 11) is 0. The van der Waals surface area contributed by atoms with Gasteiger partial charge < -0.3 is 5.32 Å². The first kappa shape index (κ1) is 18.2. The number of nitrogens with zero attached hydrogens (tertiary/aromatic N) is 3. The Morgan fingerprint density at radius 2 is 1.85 bits per heavy atom. The number of rotatable bonds is 6. The van der Waals surface area contributed by atoms with Crippen LogP contribution in [0.5, 0.6) is 0 Å². The summed E-state index contributed by atoms with van der Waals surface area (Å²) in [6.07, 6.45) is 6.10. The fourth-order valence-corrected chi connectivity index (χ4v) is 3.01. The van der Waals surface area contributed by atoms with Crippen LogP contribution in [-0.2, 0) is 11.3 Å². The standard InChI is InChI=1S/C19H16Cl2N4O/c20-16-7-4-8-17(21)15(16)9-10-19(26)24-18(11-25-13-22-12-23-25)14-5-2-1-3-6-14/h1-10,12-13,18H,11H2,(H,24,26)/b10-9+. The quantitative estimate of drug-likeness (QED) is 0.647. The van der Waals surface area contributed by atoms with E-state index in [1.807, 2.05) is 30.3 Å². The van der Waals surface area contributed by atoms with Gasteiger partial charge in [0.25, 0.3) is 0 Å². The third kappa shape index (κ3) is 4.71. The minimum Gasteiger partial charge on any atom is -0.344 e. The highest BCUT2D eigenvalue weighted by molar-refractivity contribution is 6.37. The van der Waals surface area contributed by atoms with Crippen molar-refractivity contribution in [3.8, 4) is 0 Å². The molecule has 0 aliphatic carbocycles. The van der Waals surface area contributed by atoms with Gasteiger partial charge in [-0.05, 0) is 23.8 Å². The Kier molecular flexibility index (Phi) is 6.04. The molecule has 1 amide bonds. The minimum absolute atomic E-state index is 0.253. The van der Waals surface area contributed by atoms with Crippen molar-refractivity contribution in [1.29, 1.82) is 0 Å². The predicted octanol–water partition coefficient (Wildman–Crippen LogP) is 4.16. The highest BCUT2D eigenvalue weighted by atomic mass is 35.5. The van der Waals surface area contributed by atoms with Gasteiger partial charge >= 0.3 is 0 Å². The lowest BCUT2D eigenvalue weighted by Crippen LogP contribution is -2.30. The normalized spacial score (nSPS) is 12.2. The van der Waals surface area contributed by atoms with Crippen LogP contribution in [0.2, 0.25) is 10.0 Å². The first-order valence-corrected chi connectivity index (χ1v) is 8.69. The fourth-order valence-electron chi connectivity index (χ4n) is 2.48. The average molecular weight is 387 g/mol. The Hall–Kier alpha value is -2.63. The SMILES string of the molecule is O=C(/C=C/c1c(Cl)cccc1Cl)NC(Cn1cncn1)c1ccccc1. The monoisotopic (exact) mass is 386 g/mol. The summed E-state index contributed by atoms with van der Waals surface area (Å²) in [6, 6.07) is 14.6. The topological polar surface area (TPSA) is 59.8 Å². The molecule has 7 heteroatoms. The summed E-state index contributed by atoms with van der Waals surface area (Å²) >= 11 is 12.2. The van der Waals surface area contributed by atoms with Gasteiger partial charge in [0, 0.05) is 21.7 Å². The third-order valence-corrected chi connectivity index (χ3v) is 4.41. The maximum absolute atomic E-state index is 12.4. The first-order chi connectivity index (χ1) is 12.6. The highest BCUT2D eigenvalue weighted by Gasteiger charge is 2.14. The van der Waals surface area contributed by atoms with E-state index in [0.29, 0.717) is 22.2 Å². The molecule has 3 rings (SSSR count). The molecular weight excluding hydrogens is 371 g/mol. The van der Waals surface area contributed by atoms with Crippen molar-refractivity contribution in [2.24, 2.45) is 0 Å². The molecule has 26 heavy (non-hydrogen) atoms. The van der Waals surface area contributed by atoms with Crippen LogP contribution < -0.4 is 5.32 Å². The Balaban J connectivity index is 1.76. The van der Waals surface area contributed by atoms with E-state index < -0.39 is 0 Å². The van der Waals surface area contributed by atoms with E-state index in [1.54, 1.807) is 35.3 Å². The fraction of sp³-hybridized carbons (Fsp3) is 0.105. The molecule has 0 saturated heterocycles. The van der Waals surface area contributed by atoms with Crippen molar-refractivity contribution >= 4 is 35.2 Å². The maximum atomic E-state index is 12.4. The summed E-state index contributed by atoms with van der Waals surface area (Å²) < 4.78 is 1.67. The highest BCUT2D eigenvalue weighted by Crippen LogP contribution is 2.25. The molecule has 1 atom stereocenters. The van der Waals surface area contributed by atoms with Crippen molar-refractivity contribution < 1.29 is 4.79 Å². The third-order valence-electron chi connectivity index (χ3n) is 3.76. The molecule has 1 N–H and O–H groups in total. The van der Waals surface area contributed by atoms with Gasteiger partial charge in [-0.15, -0.1) is 0 Å². The summed E-state index contributed by atoms with van der Waals surface area (Å²) in [5.41, 5.74) is 1.58. The second-order valence-corrected chi connectivity index (χ2v) is 6.37. The summed E-state index contributed by atoms with van der Waals surface area (Å²) in [5.74, 6) is -0.255. The molecule has 0 aliphatic rings. The van der Waals surface area contributed by atoms with E-state index in [2.05, 4.69) is 15.4 Å². The number of nitrogens with one attached hydrogen (secondary N) is 1. The molecule has 5 nitrogen and oxygen atoms in total. The maximum Gasteiger partial charge on any atom is 0.244 e. The second kappa shape index (κ2) is 8.65. The average Bonchev–Trinajstić information content (AvgIpc) is 3.15. The van der Waals surface area contributed by atoms with Gasteiger partial charge in [0.1, 0.15) is 12.7 Å². The molecule has 0 saturated carbocycles. The molecule has 0 spiro atoms. The van der Waals surface area contributed by atoms with Crippen LogP contribution in [0.25, 0.3) is 6.08 Å². The number of aromatic nitrogens is 3. The van der Waals surface area contributed by atoms with Crippen LogP contribution in [0.3, 0.4) is 0 Å². The van der Waals surface area contributed by atoms with Crippen LogP contribution in [0.1, 0.15) is 17.2 Å². The Bertz CT molecular complexity index is 875. The zero-order valence-electron chi connectivity index (χ0n) is 13.7. The van der Waals surface area contributed by atoms with Gasteiger partial charge in [-0.2, -0.15) is 5.10 Å². The molecule has 0 fully saturated rings. The van der Waals surface area contributed by atoms with Gasteiger partial charge in [0.05, 0.1) is 12.6 Å². The molecule has 132 valence electrons. The summed E-state index contributed by atoms with van der Waals surface area (Å²) in [5, 5.41) is 8.07. The van der Waals surface area contributed by atoms with E-state index in [1.165, 1.54) is 12.4 Å². The number of carbonyl (C=O) groups is 1. The molecule has 1 heterocycles. The van der Waals surface area contributed by atoms with Gasteiger partial charge in [-0.3, -0.25) is 9.48 Å². The van der Waals surface area contributed by atoms with Gasteiger partial charge in [0.2, 0.25) is 5.91 Å². The lowest BCUT2D eigenvalue weighted by atomic mass is 10.1. The van der Waals surface area contributed by atoms with Crippen LogP contribution in [0.15, 0.2) is 67.3 Å². The number of benzene rings is 2. The van der Waals surface area contributed by atoms with Crippen molar-refractivity contribution in [2.45, 2.75) is 12.6 Å². The number of hydrogen-bond acceptors (Lipinski definition) is 3. The van der Waals surface area contributed by atoms with Crippen molar-refractivity contribution in [3.63, 3.8) is 0 Å². The summed E-state index contributed by atoms with van der Waals surface area (Å²) in [6.45, 7) is 0.469. The van der Waals surface area contributed by atoms with Gasteiger partial charge in [0.15, 0.2) is 0 Å². The van der Waals surface area contributed by atoms with E-state index >= 15 is 0 Å². The number of hydrogen-bond donors (Lipinski definition) is 1. The lowest BCUT2D eigenvalue weighted by molar-refractivity contribution is -0.117. The van der Waals surface area contributed by atoms with E-state index in [0.717, 1.165) is 5.56 Å². The van der Waals surface area contributed by atoms with Crippen LogP contribution in [0, 0.1) is 0 Å². The molecule has 0 radical (unpaired) electrons. The molecule has 0 bridgehead atoms. The van der Waals surface area contributed by atoms with Gasteiger partial charge in [-0.1, -0.05) is 59.6 Å². The predicted molar refractivity (Wildman–Crippen MR) is 103 cm³/mol. The van der Waals surface area contributed by atoms with Crippen molar-refractivity contribution in [3.05, 3.63) is 88.4 Å². The molecular formula is C19H16Cl2N4O. The largest absolute Gasteiger partial charge is 0.344 e. The molecule has 2 aromatic carbocycles. The second-order valence-electron chi connectivity index (χ2n) is 5.56. The van der Waals surface area contributed by atoms with Crippen molar-refractivity contribution in [1.82, 2.24) is 20.1 Å². The van der Waals surface area contributed by atoms with Crippen LogP contribution >= 0.6 is 23.2 Å². The number of amides is 1. The zero-order chi connectivity index (χ0) is 18.4. The Morgan fingerprint density at radius 3 is 2.50 bits per heavy atom. The Labute approximate surface area is 161 Å². The van der Waals surface area contributed by atoms with E-state index in [9.17, 15) is 4.79 Å². The summed E-state index contributed by atoms with van der Waals surface area (Å²) in [4.78, 5) is 16.4. The minimum atomic E-state index is -0.255. The Morgan fingerprint density at radius 1 is 1.12 bits per heavy atom. The lowest BCUT2D eigenvalue weighted by Gasteiger charge is -2.18. The number of halogens is 2. The van der Waals surface area contributed by atoms with Gasteiger partial charge in [-0.25, -0.2) is 4.98 Å². The molecule has 3 aromatic rings. The molecule has 1 unspecified atom stereocenters. The zero-order valence-corrected chi connectivity index (χ0v) is 15.2. The smallest absolute Gasteiger partial charge is 0.244 e. The van der Waals surface area contributed by atoms with E-state index in [4.69, 9.17) is 23.2 Å². The van der Waals surface area contributed by atoms with E-state index in [-0.39, 0.29) is 11.9 Å². The first-order valence-electron chi connectivity index (χ1n) is 7.93. The molecule has 1 aromatic heterocycles. The van der Waals surface area contributed by atoms with Crippen LogP contribution in [-0.4, -0.2) is 20.7 Å². The van der Waals surface area contributed by atoms with Crippen LogP contribution in [0.4, 0.5) is 0 Å². The number of carbonyl (C=O) groups excluding carboxylic acids is 1. The molecule has 0 aliphatic heterocycles.